The van der Waals surface area contributed by atoms with E-state index in [-0.39, 0.29) is 12.4 Å². The number of anilines is 1. The van der Waals surface area contributed by atoms with E-state index in [1.807, 2.05) is 17.8 Å². The van der Waals surface area contributed by atoms with Crippen LogP contribution in [0.25, 0.3) is 0 Å². The largest absolute Gasteiger partial charge is 0.377 e. The molecule has 2 heterocycles. The van der Waals surface area contributed by atoms with Crippen LogP contribution in [-0.2, 0) is 19.6 Å². The molecule has 0 unspecified atom stereocenters. The van der Waals surface area contributed by atoms with Gasteiger partial charge in [-0.25, -0.2) is 0 Å². The van der Waals surface area contributed by atoms with Crippen LogP contribution in [0.2, 0.25) is 0 Å². The predicted octanol–water partition coefficient (Wildman–Crippen LogP) is 3.24. The number of hydrogen-bond acceptors (Lipinski definition) is 3. The summed E-state index contributed by atoms with van der Waals surface area (Å²) in [4.78, 5) is 0. The third-order valence-corrected chi connectivity index (χ3v) is 3.10. The molecule has 0 radical (unpaired) electrons. The van der Waals surface area contributed by atoms with Crippen molar-refractivity contribution in [2.24, 2.45) is 0 Å². The maximum Gasteiger partial charge on any atom is 0.0825 e. The van der Waals surface area contributed by atoms with Gasteiger partial charge >= 0.3 is 0 Å². The van der Waals surface area contributed by atoms with Gasteiger partial charge in [0.2, 0.25) is 0 Å². The fraction of sp³-hybridized carbons (Fsp3) is 0.571. The molecule has 2 aromatic heterocycles. The summed E-state index contributed by atoms with van der Waals surface area (Å²) in [5.41, 5.74) is 3.37. The Hall–Kier alpha value is -1.49. The number of aryl methyl sites for hydroxylation is 3. The third kappa shape index (κ3) is 4.00. The summed E-state index contributed by atoms with van der Waals surface area (Å²) in [5, 5.41) is 12.3. The summed E-state index contributed by atoms with van der Waals surface area (Å²) >= 11 is 0. The lowest BCUT2D eigenvalue weighted by atomic mass is 10.3. The predicted molar refractivity (Wildman–Crippen MR) is 84.3 cm³/mol. The molecule has 0 aliphatic carbocycles. The van der Waals surface area contributed by atoms with E-state index in [1.165, 1.54) is 5.69 Å². The van der Waals surface area contributed by atoms with Crippen LogP contribution < -0.4 is 5.32 Å². The Labute approximate surface area is 126 Å². The van der Waals surface area contributed by atoms with Crippen LogP contribution in [0.1, 0.15) is 38.1 Å². The summed E-state index contributed by atoms with van der Waals surface area (Å²) in [6, 6.07) is 2.06. The van der Waals surface area contributed by atoms with Crippen molar-refractivity contribution in [2.75, 3.05) is 5.32 Å². The lowest BCUT2D eigenvalue weighted by Crippen LogP contribution is -2.09. The van der Waals surface area contributed by atoms with Gasteiger partial charge in [-0.3, -0.25) is 9.36 Å². The molecule has 0 aliphatic heterocycles. The zero-order valence-corrected chi connectivity index (χ0v) is 13.3. The fourth-order valence-corrected chi connectivity index (χ4v) is 2.14. The van der Waals surface area contributed by atoms with Crippen molar-refractivity contribution in [3.63, 3.8) is 0 Å². The van der Waals surface area contributed by atoms with Crippen LogP contribution in [0.5, 0.6) is 0 Å². The molecular weight excluding hydrogens is 274 g/mol. The van der Waals surface area contributed by atoms with Crippen molar-refractivity contribution >= 4 is 18.1 Å². The molecule has 2 aromatic rings. The molecular formula is C14H24ClN5. The average Bonchev–Trinajstić information content (AvgIpc) is 2.95. The van der Waals surface area contributed by atoms with Crippen LogP contribution >= 0.6 is 12.4 Å². The summed E-state index contributed by atoms with van der Waals surface area (Å²) in [7, 11) is 0. The highest BCUT2D eigenvalue weighted by atomic mass is 35.5. The minimum atomic E-state index is 0. The van der Waals surface area contributed by atoms with E-state index in [4.69, 9.17) is 0 Å². The number of rotatable bonds is 7. The second-order valence-corrected chi connectivity index (χ2v) is 4.79. The highest BCUT2D eigenvalue weighted by molar-refractivity contribution is 5.85. The second kappa shape index (κ2) is 7.94. The van der Waals surface area contributed by atoms with E-state index in [9.17, 15) is 0 Å². The first-order valence-corrected chi connectivity index (χ1v) is 7.03. The van der Waals surface area contributed by atoms with Crippen molar-refractivity contribution in [2.45, 2.75) is 53.2 Å². The number of nitrogens with one attached hydrogen (secondary N) is 1. The molecule has 0 saturated heterocycles. The van der Waals surface area contributed by atoms with E-state index < -0.39 is 0 Å². The van der Waals surface area contributed by atoms with E-state index >= 15 is 0 Å². The Bertz CT molecular complexity index is 517. The Balaban J connectivity index is 0.00000200. The lowest BCUT2D eigenvalue weighted by Gasteiger charge is -2.07. The molecule has 112 valence electrons. The highest BCUT2D eigenvalue weighted by Crippen LogP contribution is 2.14. The smallest absolute Gasteiger partial charge is 0.0825 e. The number of aromatic nitrogens is 4. The topological polar surface area (TPSA) is 47.7 Å². The molecule has 1 N–H and O–H groups in total. The summed E-state index contributed by atoms with van der Waals surface area (Å²) < 4.78 is 4.06. The highest BCUT2D eigenvalue weighted by Gasteiger charge is 2.06. The molecule has 6 heteroatoms. The number of nitrogens with zero attached hydrogens (tertiary/aromatic N) is 4. The molecule has 0 bridgehead atoms. The Morgan fingerprint density at radius 2 is 1.95 bits per heavy atom. The van der Waals surface area contributed by atoms with Gasteiger partial charge in [0.05, 0.1) is 23.6 Å². The molecule has 0 aliphatic rings. The van der Waals surface area contributed by atoms with Gasteiger partial charge in [-0.15, -0.1) is 12.4 Å². The maximum absolute atomic E-state index is 4.49. The van der Waals surface area contributed by atoms with E-state index in [0.29, 0.717) is 0 Å². The fourth-order valence-electron chi connectivity index (χ4n) is 2.14. The van der Waals surface area contributed by atoms with Crippen LogP contribution in [0.4, 0.5) is 5.69 Å². The molecule has 0 spiro atoms. The van der Waals surface area contributed by atoms with Crippen molar-refractivity contribution < 1.29 is 0 Å². The van der Waals surface area contributed by atoms with Crippen molar-refractivity contribution in [3.05, 3.63) is 29.8 Å². The maximum atomic E-state index is 4.49. The van der Waals surface area contributed by atoms with Gasteiger partial charge in [0, 0.05) is 25.5 Å². The molecule has 0 fully saturated rings. The van der Waals surface area contributed by atoms with Crippen LogP contribution in [-0.4, -0.2) is 19.6 Å². The van der Waals surface area contributed by atoms with E-state index in [1.54, 1.807) is 0 Å². The molecule has 0 amide bonds. The van der Waals surface area contributed by atoms with Gasteiger partial charge in [-0.2, -0.15) is 10.2 Å². The third-order valence-electron chi connectivity index (χ3n) is 3.10. The SMILES string of the molecule is CCCn1cc(NCc2ccnn2CCC)c(C)n1.Cl. The summed E-state index contributed by atoms with van der Waals surface area (Å²) in [6.07, 6.45) is 6.14. The molecule has 0 saturated carbocycles. The number of halogens is 1. The first kappa shape index (κ1) is 16.6. The minimum absolute atomic E-state index is 0. The van der Waals surface area contributed by atoms with Crippen LogP contribution in [0.15, 0.2) is 18.5 Å². The van der Waals surface area contributed by atoms with Gasteiger partial charge in [0.1, 0.15) is 0 Å². The summed E-state index contributed by atoms with van der Waals surface area (Å²) in [5.74, 6) is 0. The number of hydrogen-bond donors (Lipinski definition) is 1. The van der Waals surface area contributed by atoms with Crippen molar-refractivity contribution in [1.29, 1.82) is 0 Å². The average molecular weight is 298 g/mol. The Morgan fingerprint density at radius 1 is 1.20 bits per heavy atom. The van der Waals surface area contributed by atoms with Crippen molar-refractivity contribution in [3.8, 4) is 0 Å². The zero-order valence-electron chi connectivity index (χ0n) is 12.5. The Morgan fingerprint density at radius 3 is 2.65 bits per heavy atom. The monoisotopic (exact) mass is 297 g/mol. The second-order valence-electron chi connectivity index (χ2n) is 4.79. The van der Waals surface area contributed by atoms with Gasteiger partial charge in [-0.1, -0.05) is 13.8 Å². The van der Waals surface area contributed by atoms with Crippen LogP contribution in [0.3, 0.4) is 0 Å². The minimum Gasteiger partial charge on any atom is -0.377 e. The molecule has 0 atom stereocenters. The van der Waals surface area contributed by atoms with Crippen LogP contribution in [0, 0.1) is 6.92 Å². The van der Waals surface area contributed by atoms with Gasteiger partial charge in [0.15, 0.2) is 0 Å². The molecule has 0 aromatic carbocycles. The van der Waals surface area contributed by atoms with E-state index in [2.05, 4.69) is 46.3 Å². The Kier molecular flexibility index (Phi) is 6.58. The molecule has 20 heavy (non-hydrogen) atoms. The van der Waals surface area contributed by atoms with E-state index in [0.717, 1.165) is 43.9 Å². The quantitative estimate of drug-likeness (QED) is 0.853. The first-order valence-electron chi connectivity index (χ1n) is 7.03. The summed E-state index contributed by atoms with van der Waals surface area (Å²) in [6.45, 7) is 9.09. The van der Waals surface area contributed by atoms with Gasteiger partial charge < -0.3 is 5.32 Å². The van der Waals surface area contributed by atoms with Gasteiger partial charge in [0.25, 0.3) is 0 Å². The van der Waals surface area contributed by atoms with Gasteiger partial charge in [-0.05, 0) is 25.8 Å². The molecule has 2 rings (SSSR count). The zero-order chi connectivity index (χ0) is 13.7. The first-order chi connectivity index (χ1) is 9.24. The lowest BCUT2D eigenvalue weighted by molar-refractivity contribution is 0.578. The normalized spacial score (nSPS) is 10.3. The standard InChI is InChI=1S/C14H23N5.ClH/c1-4-8-18-11-14(12(3)17-18)15-10-13-6-7-16-19(13)9-5-2;/h6-7,11,15H,4-5,8-10H2,1-3H3;1H. The van der Waals surface area contributed by atoms with Crippen molar-refractivity contribution in [1.82, 2.24) is 19.6 Å². The molecule has 5 nitrogen and oxygen atoms in total.